The summed E-state index contributed by atoms with van der Waals surface area (Å²) in [5.74, 6) is 0. The molecule has 0 aliphatic rings. The van der Waals surface area contributed by atoms with Crippen molar-refractivity contribution in [2.45, 2.75) is 13.8 Å². The lowest BCUT2D eigenvalue weighted by Crippen LogP contribution is -1.98. The molecule has 1 aromatic heterocycles. The molecule has 0 fully saturated rings. The summed E-state index contributed by atoms with van der Waals surface area (Å²) in [4.78, 5) is 0. The van der Waals surface area contributed by atoms with E-state index in [2.05, 4.69) is 65.3 Å². The van der Waals surface area contributed by atoms with E-state index in [0.29, 0.717) is 5.02 Å². The molecule has 23 heavy (non-hydrogen) atoms. The number of hydrazone groups is 1. The first-order chi connectivity index (χ1) is 11.1. The van der Waals surface area contributed by atoms with Crippen molar-refractivity contribution < 1.29 is 0 Å². The minimum Gasteiger partial charge on any atom is -0.319 e. The molecule has 0 atom stereocenters. The Labute approximate surface area is 141 Å². The molecule has 3 rings (SSSR count). The van der Waals surface area contributed by atoms with Crippen LogP contribution in [0.3, 0.4) is 0 Å². The summed E-state index contributed by atoms with van der Waals surface area (Å²) in [7, 11) is 0. The molecule has 0 amide bonds. The lowest BCUT2D eigenvalue weighted by molar-refractivity contribution is 0.966. The van der Waals surface area contributed by atoms with Gasteiger partial charge in [-0.15, -0.1) is 0 Å². The largest absolute Gasteiger partial charge is 0.319 e. The van der Waals surface area contributed by atoms with Crippen molar-refractivity contribution in [1.29, 1.82) is 0 Å². The van der Waals surface area contributed by atoms with Crippen molar-refractivity contribution in [2.24, 2.45) is 5.10 Å². The van der Waals surface area contributed by atoms with Gasteiger partial charge in [0.25, 0.3) is 0 Å². The number of benzene rings is 2. The summed E-state index contributed by atoms with van der Waals surface area (Å²) in [6, 6.07) is 20.0. The number of aromatic nitrogens is 1. The van der Waals surface area contributed by atoms with Crippen molar-refractivity contribution >= 4 is 23.5 Å². The van der Waals surface area contributed by atoms with Crippen molar-refractivity contribution in [1.82, 2.24) is 4.57 Å². The second-order valence-corrected chi connectivity index (χ2v) is 5.86. The summed E-state index contributed by atoms with van der Waals surface area (Å²) in [6.07, 6.45) is 1.80. The predicted molar refractivity (Wildman–Crippen MR) is 97.9 cm³/mol. The van der Waals surface area contributed by atoms with Crippen LogP contribution in [-0.4, -0.2) is 10.8 Å². The van der Waals surface area contributed by atoms with E-state index in [4.69, 9.17) is 11.6 Å². The minimum atomic E-state index is 0.714. The van der Waals surface area contributed by atoms with E-state index >= 15 is 0 Å². The van der Waals surface area contributed by atoms with Crippen LogP contribution in [0.1, 0.15) is 17.0 Å². The molecule has 0 radical (unpaired) electrons. The maximum absolute atomic E-state index is 5.85. The number of hydrogen-bond acceptors (Lipinski definition) is 2. The van der Waals surface area contributed by atoms with E-state index < -0.39 is 0 Å². The smallest absolute Gasteiger partial charge is 0.0562 e. The topological polar surface area (TPSA) is 29.3 Å². The van der Waals surface area contributed by atoms with Crippen LogP contribution in [0, 0.1) is 13.8 Å². The third-order valence-electron chi connectivity index (χ3n) is 3.67. The predicted octanol–water partition coefficient (Wildman–Crippen LogP) is 5.19. The highest BCUT2D eigenvalue weighted by atomic mass is 35.5. The zero-order valence-electron chi connectivity index (χ0n) is 13.1. The Kier molecular flexibility index (Phi) is 4.49. The molecule has 0 aliphatic heterocycles. The Morgan fingerprint density at radius 3 is 2.09 bits per heavy atom. The molecule has 0 saturated carbocycles. The first-order valence-electron chi connectivity index (χ1n) is 7.43. The van der Waals surface area contributed by atoms with Crippen LogP contribution < -0.4 is 5.43 Å². The van der Waals surface area contributed by atoms with E-state index in [0.717, 1.165) is 16.9 Å². The zero-order chi connectivity index (χ0) is 16.2. The molecule has 0 saturated heterocycles. The average Bonchev–Trinajstić information content (AvgIpc) is 2.89. The van der Waals surface area contributed by atoms with Gasteiger partial charge in [-0.2, -0.15) is 5.10 Å². The van der Waals surface area contributed by atoms with Gasteiger partial charge in [-0.05, 0) is 67.9 Å². The monoisotopic (exact) mass is 323 g/mol. The molecule has 3 aromatic rings. The van der Waals surface area contributed by atoms with Crippen molar-refractivity contribution in [3.63, 3.8) is 0 Å². The Morgan fingerprint density at radius 2 is 1.48 bits per heavy atom. The van der Waals surface area contributed by atoms with Crippen LogP contribution in [0.25, 0.3) is 5.69 Å². The van der Waals surface area contributed by atoms with Crippen LogP contribution in [0.5, 0.6) is 0 Å². The van der Waals surface area contributed by atoms with Gasteiger partial charge in [-0.3, -0.25) is 5.43 Å². The summed E-state index contributed by atoms with van der Waals surface area (Å²) in [5.41, 5.74) is 8.55. The van der Waals surface area contributed by atoms with Crippen molar-refractivity contribution in [2.75, 3.05) is 5.43 Å². The van der Waals surface area contributed by atoms with Crippen molar-refractivity contribution in [3.8, 4) is 5.69 Å². The quantitative estimate of drug-likeness (QED) is 0.519. The van der Waals surface area contributed by atoms with Crippen LogP contribution in [0.15, 0.2) is 65.8 Å². The van der Waals surface area contributed by atoms with Crippen LogP contribution in [0.2, 0.25) is 5.02 Å². The molecule has 0 unspecified atom stereocenters. The number of rotatable bonds is 4. The van der Waals surface area contributed by atoms with Gasteiger partial charge in [0, 0.05) is 22.1 Å². The van der Waals surface area contributed by atoms with Gasteiger partial charge in [0.2, 0.25) is 0 Å². The number of nitrogens with one attached hydrogen (secondary N) is 1. The van der Waals surface area contributed by atoms with E-state index in [1.54, 1.807) is 6.21 Å². The summed E-state index contributed by atoms with van der Waals surface area (Å²) >= 11 is 5.85. The van der Waals surface area contributed by atoms with Gasteiger partial charge in [-0.1, -0.05) is 23.7 Å². The Morgan fingerprint density at radius 1 is 0.870 bits per heavy atom. The second-order valence-electron chi connectivity index (χ2n) is 5.42. The fraction of sp³-hybridized carbons (Fsp3) is 0.105. The van der Waals surface area contributed by atoms with Crippen molar-refractivity contribution in [3.05, 3.63) is 82.6 Å². The summed E-state index contributed by atoms with van der Waals surface area (Å²) in [6.45, 7) is 4.22. The summed E-state index contributed by atoms with van der Waals surface area (Å²) < 4.78 is 2.23. The first-order valence-corrected chi connectivity index (χ1v) is 7.81. The molecule has 1 heterocycles. The zero-order valence-corrected chi connectivity index (χ0v) is 13.9. The standard InChI is InChI=1S/C19H18ClN3/c1-14-3-4-15(2)23(14)19-11-5-16(6-12-19)13-21-22-18-9-7-17(20)8-10-18/h3-13,22H,1-2H3/b21-13+. The Hall–Kier alpha value is -2.52. The third kappa shape index (κ3) is 3.63. The highest BCUT2D eigenvalue weighted by Crippen LogP contribution is 2.17. The van der Waals surface area contributed by atoms with E-state index in [9.17, 15) is 0 Å². The number of aryl methyl sites for hydroxylation is 2. The van der Waals surface area contributed by atoms with Gasteiger partial charge in [0.15, 0.2) is 0 Å². The molecule has 116 valence electrons. The van der Waals surface area contributed by atoms with E-state index in [1.807, 2.05) is 24.3 Å². The average molecular weight is 324 g/mol. The Bertz CT molecular complexity index is 795. The fourth-order valence-corrected chi connectivity index (χ4v) is 2.62. The van der Waals surface area contributed by atoms with Gasteiger partial charge in [0.1, 0.15) is 0 Å². The minimum absolute atomic E-state index is 0.714. The lowest BCUT2D eigenvalue weighted by atomic mass is 10.2. The maximum atomic E-state index is 5.85. The molecule has 4 heteroatoms. The number of hydrogen-bond donors (Lipinski definition) is 1. The number of halogens is 1. The first kappa shape index (κ1) is 15.4. The normalized spacial score (nSPS) is 11.1. The van der Waals surface area contributed by atoms with Crippen LogP contribution >= 0.6 is 11.6 Å². The third-order valence-corrected chi connectivity index (χ3v) is 3.93. The molecule has 0 aliphatic carbocycles. The van der Waals surface area contributed by atoms with Gasteiger partial charge in [0.05, 0.1) is 11.9 Å². The second kappa shape index (κ2) is 6.71. The van der Waals surface area contributed by atoms with Crippen LogP contribution in [-0.2, 0) is 0 Å². The molecule has 1 N–H and O–H groups in total. The van der Waals surface area contributed by atoms with E-state index in [-0.39, 0.29) is 0 Å². The molecular weight excluding hydrogens is 306 g/mol. The van der Waals surface area contributed by atoms with Gasteiger partial charge < -0.3 is 4.57 Å². The molecular formula is C19H18ClN3. The molecule has 0 bridgehead atoms. The van der Waals surface area contributed by atoms with Gasteiger partial charge >= 0.3 is 0 Å². The molecule has 0 spiro atoms. The maximum Gasteiger partial charge on any atom is 0.0562 e. The number of anilines is 1. The lowest BCUT2D eigenvalue weighted by Gasteiger charge is -2.09. The highest BCUT2D eigenvalue weighted by molar-refractivity contribution is 6.30. The van der Waals surface area contributed by atoms with Crippen LogP contribution in [0.4, 0.5) is 5.69 Å². The highest BCUT2D eigenvalue weighted by Gasteiger charge is 2.03. The van der Waals surface area contributed by atoms with Gasteiger partial charge in [-0.25, -0.2) is 0 Å². The summed E-state index contributed by atoms with van der Waals surface area (Å²) in [5, 5.41) is 4.96. The van der Waals surface area contributed by atoms with E-state index in [1.165, 1.54) is 11.4 Å². The number of nitrogens with zero attached hydrogens (tertiary/aromatic N) is 2. The molecule has 2 aromatic carbocycles. The SMILES string of the molecule is Cc1ccc(C)n1-c1ccc(/C=N/Nc2ccc(Cl)cc2)cc1. The molecule has 3 nitrogen and oxygen atoms in total. The fourth-order valence-electron chi connectivity index (χ4n) is 2.49. The Balaban J connectivity index is 1.70.